The second kappa shape index (κ2) is 6.33. The molecule has 0 aliphatic rings. The van der Waals surface area contributed by atoms with Gasteiger partial charge in [0.1, 0.15) is 0 Å². The number of hydrogen-bond acceptors (Lipinski definition) is 4. The Morgan fingerprint density at radius 3 is 1.50 bits per heavy atom. The number of rotatable bonds is 5. The van der Waals surface area contributed by atoms with E-state index >= 15 is 0 Å². The first kappa shape index (κ1) is 12.9. The summed E-state index contributed by atoms with van der Waals surface area (Å²) in [6.45, 7) is 2.56. The van der Waals surface area contributed by atoms with E-state index in [2.05, 4.69) is 10.6 Å². The topological polar surface area (TPSA) is 98.7 Å². The van der Waals surface area contributed by atoms with E-state index in [0.717, 1.165) is 0 Å². The maximum absolute atomic E-state index is 10.5. The summed E-state index contributed by atoms with van der Waals surface area (Å²) in [7, 11) is 0. The number of carbonyl (C=O) groups is 2. The normalized spacial score (nSPS) is 14.3. The fraction of sp³-hybridized carbons (Fsp3) is 0.750. The zero-order chi connectivity index (χ0) is 11.1. The maximum Gasteiger partial charge on any atom is 0.216 e. The quantitative estimate of drug-likeness (QED) is 0.415. The molecule has 0 unspecified atom stereocenters. The molecule has 0 rings (SSSR count). The molecule has 82 valence electrons. The monoisotopic (exact) mass is 204 g/mol. The molecule has 0 heterocycles. The third kappa shape index (κ3) is 6.38. The lowest BCUT2D eigenvalue weighted by atomic mass is 10.2. The largest absolute Gasteiger partial charge is 0.389 e. The van der Waals surface area contributed by atoms with Crippen LogP contribution in [0.5, 0.6) is 0 Å². The molecule has 0 spiro atoms. The van der Waals surface area contributed by atoms with Crippen LogP contribution < -0.4 is 10.6 Å². The third-order valence-electron chi connectivity index (χ3n) is 1.56. The van der Waals surface area contributed by atoms with Gasteiger partial charge in [-0.05, 0) is 0 Å². The van der Waals surface area contributed by atoms with Crippen molar-refractivity contribution in [3.63, 3.8) is 0 Å². The van der Waals surface area contributed by atoms with E-state index in [4.69, 9.17) is 0 Å². The molecular formula is C8H16N2O4. The number of nitrogens with one attached hydrogen (secondary N) is 2. The SMILES string of the molecule is CC(=O)NC[C@@H](O)[C@H](O)CNC(C)=O. The second-order valence-corrected chi connectivity index (χ2v) is 3.01. The minimum Gasteiger partial charge on any atom is -0.389 e. The fourth-order valence-corrected chi connectivity index (χ4v) is 0.769. The van der Waals surface area contributed by atoms with Crippen LogP contribution in [0, 0.1) is 0 Å². The van der Waals surface area contributed by atoms with Gasteiger partial charge in [-0.15, -0.1) is 0 Å². The minimum atomic E-state index is -1.08. The summed E-state index contributed by atoms with van der Waals surface area (Å²) in [4.78, 5) is 20.9. The summed E-state index contributed by atoms with van der Waals surface area (Å²) in [6, 6.07) is 0. The summed E-state index contributed by atoms with van der Waals surface area (Å²) in [5.41, 5.74) is 0. The summed E-state index contributed by atoms with van der Waals surface area (Å²) >= 11 is 0. The average Bonchev–Trinajstić information content (AvgIpc) is 2.09. The van der Waals surface area contributed by atoms with Crippen molar-refractivity contribution in [2.45, 2.75) is 26.1 Å². The molecule has 0 aromatic heterocycles. The van der Waals surface area contributed by atoms with Crippen LogP contribution in [0.3, 0.4) is 0 Å². The van der Waals surface area contributed by atoms with Crippen molar-refractivity contribution >= 4 is 11.8 Å². The summed E-state index contributed by atoms with van der Waals surface area (Å²) in [6.07, 6.45) is -2.16. The van der Waals surface area contributed by atoms with Gasteiger partial charge in [0, 0.05) is 26.9 Å². The predicted molar refractivity (Wildman–Crippen MR) is 49.4 cm³/mol. The Balaban J connectivity index is 3.69. The van der Waals surface area contributed by atoms with Crippen LogP contribution in [0.2, 0.25) is 0 Å². The van der Waals surface area contributed by atoms with E-state index in [9.17, 15) is 19.8 Å². The van der Waals surface area contributed by atoms with Crippen LogP contribution in [-0.2, 0) is 9.59 Å². The van der Waals surface area contributed by atoms with Gasteiger partial charge in [0.2, 0.25) is 11.8 Å². The van der Waals surface area contributed by atoms with E-state index in [0.29, 0.717) is 0 Å². The van der Waals surface area contributed by atoms with Crippen LogP contribution in [-0.4, -0.2) is 47.3 Å². The molecule has 0 radical (unpaired) electrons. The molecular weight excluding hydrogens is 188 g/mol. The van der Waals surface area contributed by atoms with Crippen LogP contribution in [0.4, 0.5) is 0 Å². The highest BCUT2D eigenvalue weighted by Gasteiger charge is 2.16. The molecule has 0 fully saturated rings. The van der Waals surface area contributed by atoms with Crippen molar-refractivity contribution in [3.05, 3.63) is 0 Å². The van der Waals surface area contributed by atoms with Gasteiger partial charge in [-0.1, -0.05) is 0 Å². The van der Waals surface area contributed by atoms with Crippen molar-refractivity contribution < 1.29 is 19.8 Å². The molecule has 14 heavy (non-hydrogen) atoms. The first-order chi connectivity index (χ1) is 6.43. The Kier molecular flexibility index (Phi) is 5.82. The van der Waals surface area contributed by atoms with Gasteiger partial charge in [0.25, 0.3) is 0 Å². The number of carbonyl (C=O) groups excluding carboxylic acids is 2. The number of aliphatic hydroxyl groups excluding tert-OH is 2. The predicted octanol–water partition coefficient (Wildman–Crippen LogP) is -2.02. The third-order valence-corrected chi connectivity index (χ3v) is 1.56. The van der Waals surface area contributed by atoms with Gasteiger partial charge in [0.15, 0.2) is 0 Å². The zero-order valence-electron chi connectivity index (χ0n) is 8.28. The molecule has 2 amide bonds. The van der Waals surface area contributed by atoms with E-state index in [1.807, 2.05) is 0 Å². The lowest BCUT2D eigenvalue weighted by Crippen LogP contribution is -2.43. The molecule has 0 saturated carbocycles. The van der Waals surface area contributed by atoms with Crippen molar-refractivity contribution in [1.82, 2.24) is 10.6 Å². The number of aliphatic hydroxyl groups is 2. The Morgan fingerprint density at radius 2 is 1.29 bits per heavy atom. The number of hydrogen-bond donors (Lipinski definition) is 4. The Labute approximate surface area is 82.3 Å². The molecule has 4 N–H and O–H groups in total. The molecule has 0 aliphatic heterocycles. The Bertz CT molecular complexity index is 186. The minimum absolute atomic E-state index is 0.0317. The summed E-state index contributed by atoms with van der Waals surface area (Å²) < 4.78 is 0. The standard InChI is InChI=1S/C8H16N2O4/c1-5(11)9-3-7(13)8(14)4-10-6(2)12/h7-8,13-14H,3-4H2,1-2H3,(H,9,11)(H,10,12)/t7-,8-/m1/s1. The summed E-state index contributed by atoms with van der Waals surface area (Å²) in [5.74, 6) is -0.563. The highest BCUT2D eigenvalue weighted by molar-refractivity contribution is 5.73. The van der Waals surface area contributed by atoms with Gasteiger partial charge in [-0.2, -0.15) is 0 Å². The van der Waals surface area contributed by atoms with Gasteiger partial charge in [-0.3, -0.25) is 9.59 Å². The van der Waals surface area contributed by atoms with Crippen LogP contribution in [0.25, 0.3) is 0 Å². The molecule has 6 nitrogen and oxygen atoms in total. The first-order valence-electron chi connectivity index (χ1n) is 4.28. The van der Waals surface area contributed by atoms with Crippen LogP contribution >= 0.6 is 0 Å². The smallest absolute Gasteiger partial charge is 0.216 e. The average molecular weight is 204 g/mol. The Morgan fingerprint density at radius 1 is 1.00 bits per heavy atom. The van der Waals surface area contributed by atoms with E-state index in [1.165, 1.54) is 13.8 Å². The van der Waals surface area contributed by atoms with E-state index < -0.39 is 12.2 Å². The van der Waals surface area contributed by atoms with Crippen molar-refractivity contribution in [1.29, 1.82) is 0 Å². The van der Waals surface area contributed by atoms with E-state index in [-0.39, 0.29) is 24.9 Å². The van der Waals surface area contributed by atoms with Crippen LogP contribution in [0.15, 0.2) is 0 Å². The molecule has 0 saturated heterocycles. The molecule has 6 heteroatoms. The second-order valence-electron chi connectivity index (χ2n) is 3.01. The molecule has 0 bridgehead atoms. The number of amides is 2. The Hall–Kier alpha value is -1.14. The highest BCUT2D eigenvalue weighted by Crippen LogP contribution is 1.90. The lowest BCUT2D eigenvalue weighted by molar-refractivity contribution is -0.121. The summed E-state index contributed by atoms with van der Waals surface area (Å²) in [5, 5.41) is 23.2. The lowest BCUT2D eigenvalue weighted by Gasteiger charge is -2.17. The zero-order valence-corrected chi connectivity index (χ0v) is 8.28. The van der Waals surface area contributed by atoms with Gasteiger partial charge < -0.3 is 20.8 Å². The van der Waals surface area contributed by atoms with Gasteiger partial charge in [0.05, 0.1) is 12.2 Å². The van der Waals surface area contributed by atoms with Crippen LogP contribution in [0.1, 0.15) is 13.8 Å². The van der Waals surface area contributed by atoms with E-state index in [1.54, 1.807) is 0 Å². The first-order valence-corrected chi connectivity index (χ1v) is 4.28. The van der Waals surface area contributed by atoms with Gasteiger partial charge >= 0.3 is 0 Å². The van der Waals surface area contributed by atoms with Crippen molar-refractivity contribution in [2.24, 2.45) is 0 Å². The van der Waals surface area contributed by atoms with Crippen molar-refractivity contribution in [2.75, 3.05) is 13.1 Å². The highest BCUT2D eigenvalue weighted by atomic mass is 16.3. The molecule has 2 atom stereocenters. The fourth-order valence-electron chi connectivity index (χ4n) is 0.769. The van der Waals surface area contributed by atoms with Gasteiger partial charge in [-0.25, -0.2) is 0 Å². The maximum atomic E-state index is 10.5. The molecule has 0 aromatic rings. The molecule has 0 aromatic carbocycles. The molecule has 0 aliphatic carbocycles. The van der Waals surface area contributed by atoms with Crippen molar-refractivity contribution in [3.8, 4) is 0 Å².